The van der Waals surface area contributed by atoms with E-state index in [2.05, 4.69) is 0 Å². The summed E-state index contributed by atoms with van der Waals surface area (Å²) in [5, 5.41) is 11.4. The van der Waals surface area contributed by atoms with Gasteiger partial charge in [0, 0.05) is 17.2 Å². The maximum atomic E-state index is 12.7. The number of furan rings is 1. The zero-order valence-electron chi connectivity index (χ0n) is 16.2. The van der Waals surface area contributed by atoms with Crippen LogP contribution < -0.4 is 0 Å². The van der Waals surface area contributed by atoms with Gasteiger partial charge in [-0.2, -0.15) is 0 Å². The standard InChI is InChI=1S/C22H15ClN2O5S/c1-13-6-8-16(18(10-13)25(28)29)19-9-7-15(30-19)11-20-21(26)24(22(27)31-20)12-14-4-2-3-5-17(14)23/h2-11H,12H2,1H3/b20-11+. The molecule has 156 valence electrons. The lowest BCUT2D eigenvalue weighted by Gasteiger charge is -2.13. The van der Waals surface area contributed by atoms with E-state index in [1.807, 2.05) is 0 Å². The van der Waals surface area contributed by atoms with Gasteiger partial charge in [-0.25, -0.2) is 0 Å². The van der Waals surface area contributed by atoms with Crippen LogP contribution in [0.2, 0.25) is 5.02 Å². The second kappa shape index (κ2) is 8.41. The molecule has 1 aliphatic heterocycles. The highest BCUT2D eigenvalue weighted by molar-refractivity contribution is 8.18. The maximum Gasteiger partial charge on any atom is 0.293 e. The first-order chi connectivity index (χ1) is 14.8. The molecule has 2 amide bonds. The van der Waals surface area contributed by atoms with Crippen LogP contribution in [0.5, 0.6) is 0 Å². The van der Waals surface area contributed by atoms with Crippen LogP contribution >= 0.6 is 23.4 Å². The molecule has 0 atom stereocenters. The van der Waals surface area contributed by atoms with Crippen molar-refractivity contribution in [3.05, 3.63) is 91.5 Å². The van der Waals surface area contributed by atoms with Crippen molar-refractivity contribution < 1.29 is 18.9 Å². The summed E-state index contributed by atoms with van der Waals surface area (Å²) < 4.78 is 5.72. The van der Waals surface area contributed by atoms with E-state index < -0.39 is 16.1 Å². The second-order valence-corrected chi connectivity index (χ2v) is 8.24. The predicted octanol–water partition coefficient (Wildman–Crippen LogP) is 6.05. The monoisotopic (exact) mass is 454 g/mol. The number of nitro groups is 1. The number of amides is 2. The Morgan fingerprint density at radius 3 is 2.68 bits per heavy atom. The molecule has 9 heteroatoms. The lowest BCUT2D eigenvalue weighted by molar-refractivity contribution is -0.384. The zero-order valence-corrected chi connectivity index (χ0v) is 17.8. The molecule has 1 aromatic heterocycles. The fraction of sp³-hybridized carbons (Fsp3) is 0.0909. The van der Waals surface area contributed by atoms with Gasteiger partial charge in [0.25, 0.3) is 16.8 Å². The minimum Gasteiger partial charge on any atom is -0.456 e. The Balaban J connectivity index is 1.59. The molecule has 31 heavy (non-hydrogen) atoms. The summed E-state index contributed by atoms with van der Waals surface area (Å²) in [7, 11) is 0. The van der Waals surface area contributed by atoms with Crippen molar-refractivity contribution in [1.29, 1.82) is 0 Å². The summed E-state index contributed by atoms with van der Waals surface area (Å²) in [5.41, 5.74) is 1.69. The lowest BCUT2D eigenvalue weighted by Crippen LogP contribution is -2.27. The minimum absolute atomic E-state index is 0.0686. The van der Waals surface area contributed by atoms with Gasteiger partial charge in [-0.15, -0.1) is 0 Å². The van der Waals surface area contributed by atoms with Crippen LogP contribution in [0, 0.1) is 17.0 Å². The van der Waals surface area contributed by atoms with Crippen molar-refractivity contribution in [1.82, 2.24) is 4.90 Å². The van der Waals surface area contributed by atoms with Crippen molar-refractivity contribution >= 4 is 46.3 Å². The predicted molar refractivity (Wildman–Crippen MR) is 119 cm³/mol. The second-order valence-electron chi connectivity index (χ2n) is 6.84. The average molecular weight is 455 g/mol. The quantitative estimate of drug-likeness (QED) is 0.264. The number of hydrogen-bond donors (Lipinski definition) is 0. The number of nitro benzene ring substituents is 1. The summed E-state index contributed by atoms with van der Waals surface area (Å²) in [6, 6.07) is 15.0. The lowest BCUT2D eigenvalue weighted by atomic mass is 10.1. The fourth-order valence-electron chi connectivity index (χ4n) is 3.14. The summed E-state index contributed by atoms with van der Waals surface area (Å²) >= 11 is 6.94. The normalized spacial score (nSPS) is 15.2. The molecular weight excluding hydrogens is 440 g/mol. The molecule has 0 radical (unpaired) electrons. The van der Waals surface area contributed by atoms with Gasteiger partial charge < -0.3 is 4.42 Å². The number of carbonyl (C=O) groups excluding carboxylic acids is 2. The van der Waals surface area contributed by atoms with Gasteiger partial charge in [0.05, 0.1) is 21.9 Å². The fourth-order valence-corrected chi connectivity index (χ4v) is 4.15. The smallest absolute Gasteiger partial charge is 0.293 e. The van der Waals surface area contributed by atoms with E-state index in [0.29, 0.717) is 27.7 Å². The van der Waals surface area contributed by atoms with E-state index in [-0.39, 0.29) is 17.1 Å². The summed E-state index contributed by atoms with van der Waals surface area (Å²) in [6.07, 6.45) is 1.46. The van der Waals surface area contributed by atoms with Crippen LogP contribution in [0.25, 0.3) is 17.4 Å². The molecule has 1 fully saturated rings. The average Bonchev–Trinajstić information content (AvgIpc) is 3.29. The Morgan fingerprint density at radius 1 is 1.16 bits per heavy atom. The molecule has 2 aromatic carbocycles. The summed E-state index contributed by atoms with van der Waals surface area (Å²) in [6.45, 7) is 1.84. The third-order valence-corrected chi connectivity index (χ3v) is 5.95. The number of benzene rings is 2. The molecule has 3 aromatic rings. The summed E-state index contributed by atoms with van der Waals surface area (Å²) in [5.74, 6) is 0.163. The van der Waals surface area contributed by atoms with Crippen LogP contribution in [0.15, 0.2) is 63.9 Å². The first-order valence-electron chi connectivity index (χ1n) is 9.17. The van der Waals surface area contributed by atoms with Crippen molar-refractivity contribution in [2.24, 2.45) is 0 Å². The molecule has 0 spiro atoms. The topological polar surface area (TPSA) is 93.7 Å². The largest absolute Gasteiger partial charge is 0.456 e. The number of rotatable bonds is 5. The van der Waals surface area contributed by atoms with E-state index in [1.165, 1.54) is 12.1 Å². The highest BCUT2D eigenvalue weighted by atomic mass is 35.5. The van der Waals surface area contributed by atoms with E-state index in [4.69, 9.17) is 16.0 Å². The molecule has 1 saturated heterocycles. The van der Waals surface area contributed by atoms with Crippen molar-refractivity contribution in [3.8, 4) is 11.3 Å². The van der Waals surface area contributed by atoms with Gasteiger partial charge in [-0.1, -0.05) is 35.9 Å². The molecule has 1 aliphatic rings. The molecule has 0 N–H and O–H groups in total. The zero-order chi connectivity index (χ0) is 22.1. The SMILES string of the molecule is Cc1ccc(-c2ccc(/C=C3/SC(=O)N(Cc4ccccc4Cl)C3=O)o2)c([N+](=O)[O-])c1. The minimum atomic E-state index is -0.468. The molecule has 4 rings (SSSR count). The number of halogens is 1. The molecule has 2 heterocycles. The van der Waals surface area contributed by atoms with Crippen LogP contribution in [0.4, 0.5) is 10.5 Å². The summed E-state index contributed by atoms with van der Waals surface area (Å²) in [4.78, 5) is 37.3. The highest BCUT2D eigenvalue weighted by Gasteiger charge is 2.35. The Kier molecular flexibility index (Phi) is 5.67. The third kappa shape index (κ3) is 4.26. The van der Waals surface area contributed by atoms with E-state index >= 15 is 0 Å². The molecule has 0 unspecified atom stereocenters. The number of thioether (sulfide) groups is 1. The van der Waals surface area contributed by atoms with E-state index in [1.54, 1.807) is 55.5 Å². The Bertz CT molecular complexity index is 1250. The van der Waals surface area contributed by atoms with Crippen LogP contribution in [-0.2, 0) is 11.3 Å². The first-order valence-corrected chi connectivity index (χ1v) is 10.4. The molecule has 0 saturated carbocycles. The Labute approximate surface area is 186 Å². The Hall–Kier alpha value is -3.36. The van der Waals surface area contributed by atoms with Crippen molar-refractivity contribution in [2.45, 2.75) is 13.5 Å². The highest BCUT2D eigenvalue weighted by Crippen LogP contribution is 2.36. The molecule has 7 nitrogen and oxygen atoms in total. The van der Waals surface area contributed by atoms with Crippen molar-refractivity contribution in [3.63, 3.8) is 0 Å². The molecule has 0 aliphatic carbocycles. The van der Waals surface area contributed by atoms with Gasteiger partial charge in [0.1, 0.15) is 11.5 Å². The van der Waals surface area contributed by atoms with Crippen LogP contribution in [-0.4, -0.2) is 21.0 Å². The maximum absolute atomic E-state index is 12.7. The van der Waals surface area contributed by atoms with Gasteiger partial charge in [-0.3, -0.25) is 24.6 Å². The van der Waals surface area contributed by atoms with E-state index in [0.717, 1.165) is 22.2 Å². The number of carbonyl (C=O) groups is 2. The van der Waals surface area contributed by atoms with E-state index in [9.17, 15) is 19.7 Å². The Morgan fingerprint density at radius 2 is 1.94 bits per heavy atom. The number of hydrogen-bond acceptors (Lipinski definition) is 6. The van der Waals surface area contributed by atoms with Crippen molar-refractivity contribution in [2.75, 3.05) is 0 Å². The number of nitrogens with zero attached hydrogens (tertiary/aromatic N) is 2. The van der Waals surface area contributed by atoms with Gasteiger partial charge in [-0.05, 0) is 54.1 Å². The molecule has 0 bridgehead atoms. The third-order valence-electron chi connectivity index (χ3n) is 4.68. The molecular formula is C22H15ClN2O5S. The van der Waals surface area contributed by atoms with Gasteiger partial charge in [0.15, 0.2) is 0 Å². The number of aryl methyl sites for hydroxylation is 1. The van der Waals surface area contributed by atoms with Crippen LogP contribution in [0.1, 0.15) is 16.9 Å². The van der Waals surface area contributed by atoms with Crippen LogP contribution in [0.3, 0.4) is 0 Å². The van der Waals surface area contributed by atoms with Gasteiger partial charge in [0.2, 0.25) is 0 Å². The number of imide groups is 1. The first kappa shape index (κ1) is 20.9. The van der Waals surface area contributed by atoms with Gasteiger partial charge >= 0.3 is 0 Å².